The minimum atomic E-state index is -0.445. The molecule has 0 rings (SSSR count). The van der Waals surface area contributed by atoms with Crippen molar-refractivity contribution in [2.45, 2.75) is 26.7 Å². The van der Waals surface area contributed by atoms with Gasteiger partial charge in [-0.25, -0.2) is 4.79 Å². The molecule has 0 saturated heterocycles. The maximum absolute atomic E-state index is 10.7. The topological polar surface area (TPSA) is 72.8 Å². The van der Waals surface area contributed by atoms with Crippen LogP contribution in [0.4, 0.5) is 0 Å². The molecule has 0 heterocycles. The number of aliphatic hydroxyl groups is 1. The van der Waals surface area contributed by atoms with E-state index in [0.29, 0.717) is 24.2 Å². The summed E-state index contributed by atoms with van der Waals surface area (Å²) in [6.45, 7) is 10.3. The molecule has 0 aromatic heterocycles. The van der Waals surface area contributed by atoms with Gasteiger partial charge in [0.15, 0.2) is 0 Å². The molecule has 0 unspecified atom stereocenters. The van der Waals surface area contributed by atoms with Crippen LogP contribution in [0.2, 0.25) is 0 Å². The van der Waals surface area contributed by atoms with Gasteiger partial charge < -0.3 is 14.0 Å². The van der Waals surface area contributed by atoms with Gasteiger partial charge in [-0.3, -0.25) is 4.79 Å². The third kappa shape index (κ3) is 16.5. The molecule has 6 heteroatoms. The van der Waals surface area contributed by atoms with Crippen molar-refractivity contribution in [3.8, 4) is 0 Å². The fourth-order valence-corrected chi connectivity index (χ4v) is 0.973. The van der Waals surface area contributed by atoms with Gasteiger partial charge in [-0.15, -0.1) is 6.58 Å². The molecule has 0 radical (unpaired) electrons. The molecule has 0 aliphatic rings. The van der Waals surface area contributed by atoms with Crippen LogP contribution in [-0.2, 0) is 18.5 Å². The smallest absolute Gasteiger partial charge is 0.337 e. The Morgan fingerprint density at radius 3 is 2.50 bits per heavy atom. The molecule has 0 saturated carbocycles. The van der Waals surface area contributed by atoms with Crippen LogP contribution in [0, 0.1) is 0 Å². The maximum Gasteiger partial charge on any atom is 0.337 e. The average Bonchev–Trinajstić information content (AvgIpc) is 2.44. The molecule has 0 aromatic carbocycles. The van der Waals surface area contributed by atoms with E-state index in [2.05, 4.69) is 22.1 Å². The van der Waals surface area contributed by atoms with E-state index in [1.165, 1.54) is 6.26 Å². The molecule has 0 fully saturated rings. The molecule has 0 amide bonds. The van der Waals surface area contributed by atoms with Crippen LogP contribution in [0.1, 0.15) is 26.7 Å². The van der Waals surface area contributed by atoms with E-state index in [1.807, 2.05) is 0 Å². The summed E-state index contributed by atoms with van der Waals surface area (Å²) in [6.07, 6.45) is 5.44. The van der Waals surface area contributed by atoms with Gasteiger partial charge in [0.05, 0.1) is 18.3 Å². The third-order valence-electron chi connectivity index (χ3n) is 1.54. The van der Waals surface area contributed by atoms with E-state index in [1.54, 1.807) is 26.0 Å². The Bertz CT molecular complexity index is 336. The molecule has 1 N–H and O–H groups in total. The lowest BCUT2D eigenvalue weighted by Crippen LogP contribution is -1.98. The third-order valence-corrected chi connectivity index (χ3v) is 2.22. The van der Waals surface area contributed by atoms with Gasteiger partial charge >= 0.3 is 11.9 Å². The Morgan fingerprint density at radius 2 is 2.05 bits per heavy atom. The first-order valence-corrected chi connectivity index (χ1v) is 6.96. The minimum Gasteiger partial charge on any atom is -0.431 e. The van der Waals surface area contributed by atoms with Crippen LogP contribution in [0.5, 0.6) is 0 Å². The summed E-state index contributed by atoms with van der Waals surface area (Å²) < 4.78 is 9.21. The summed E-state index contributed by atoms with van der Waals surface area (Å²) in [5.41, 5.74) is 0.360. The number of hydrogen-bond donors (Lipinski definition) is 1. The predicted molar refractivity (Wildman–Crippen MR) is 80.8 cm³/mol. The number of rotatable bonds is 8. The van der Waals surface area contributed by atoms with Gasteiger partial charge in [-0.05, 0) is 19.4 Å². The van der Waals surface area contributed by atoms with Gasteiger partial charge in [0, 0.05) is 24.4 Å². The molecule has 0 aliphatic heterocycles. The number of carbonyl (C=O) groups is 2. The standard InChI is InChI=1S/C8H12O3.C6H10O2S/c1-7(2)8(10)11-6-4-3-5-9;1-3-5-9-8-6(7)4-2/h4,6,9H,1,3,5H2,2H3;3H,1,4-5H2,2H3. The van der Waals surface area contributed by atoms with Crippen molar-refractivity contribution >= 4 is 24.0 Å². The van der Waals surface area contributed by atoms with Crippen molar-refractivity contribution in [3.63, 3.8) is 0 Å². The van der Waals surface area contributed by atoms with Crippen molar-refractivity contribution < 1.29 is 23.6 Å². The Balaban J connectivity index is 0. The van der Waals surface area contributed by atoms with E-state index in [0.717, 1.165) is 12.0 Å². The van der Waals surface area contributed by atoms with E-state index >= 15 is 0 Å². The lowest BCUT2D eigenvalue weighted by atomic mass is 10.4. The highest BCUT2D eigenvalue weighted by molar-refractivity contribution is 7.95. The Morgan fingerprint density at radius 1 is 1.40 bits per heavy atom. The van der Waals surface area contributed by atoms with E-state index in [-0.39, 0.29) is 12.6 Å². The summed E-state index contributed by atoms with van der Waals surface area (Å²) in [4.78, 5) is 21.1. The summed E-state index contributed by atoms with van der Waals surface area (Å²) in [5, 5.41) is 8.33. The van der Waals surface area contributed by atoms with Crippen molar-refractivity contribution in [3.05, 3.63) is 37.1 Å². The van der Waals surface area contributed by atoms with E-state index in [4.69, 9.17) is 5.11 Å². The Kier molecular flexibility index (Phi) is 16.1. The first-order chi connectivity index (χ1) is 9.49. The molecule has 0 spiro atoms. The summed E-state index contributed by atoms with van der Waals surface area (Å²) in [5.74, 6) is 0.0344. The highest BCUT2D eigenvalue weighted by atomic mass is 32.2. The van der Waals surface area contributed by atoms with Crippen LogP contribution in [0.25, 0.3) is 0 Å². The Labute approximate surface area is 124 Å². The van der Waals surface area contributed by atoms with E-state index in [9.17, 15) is 9.59 Å². The fraction of sp³-hybridized carbons (Fsp3) is 0.429. The van der Waals surface area contributed by atoms with Gasteiger partial charge in [0.1, 0.15) is 0 Å². The zero-order valence-corrected chi connectivity index (χ0v) is 12.8. The van der Waals surface area contributed by atoms with Crippen molar-refractivity contribution in [2.75, 3.05) is 12.4 Å². The van der Waals surface area contributed by atoms with Gasteiger partial charge in [0.25, 0.3) is 0 Å². The average molecular weight is 302 g/mol. The van der Waals surface area contributed by atoms with Crippen LogP contribution in [0.15, 0.2) is 37.1 Å². The number of hydrogen-bond acceptors (Lipinski definition) is 6. The normalized spacial score (nSPS) is 9.35. The predicted octanol–water partition coefficient (Wildman–Crippen LogP) is 2.78. The van der Waals surface area contributed by atoms with Crippen LogP contribution in [0.3, 0.4) is 0 Å². The van der Waals surface area contributed by atoms with Crippen molar-refractivity contribution in [1.82, 2.24) is 0 Å². The quantitative estimate of drug-likeness (QED) is 0.186. The molecule has 0 aromatic rings. The largest absolute Gasteiger partial charge is 0.431 e. The second kappa shape index (κ2) is 15.5. The molecular weight excluding hydrogens is 280 g/mol. The van der Waals surface area contributed by atoms with Crippen LogP contribution in [-0.4, -0.2) is 29.4 Å². The highest BCUT2D eigenvalue weighted by Crippen LogP contribution is 2.03. The molecule has 5 nitrogen and oxygen atoms in total. The van der Waals surface area contributed by atoms with Crippen LogP contribution >= 0.6 is 12.0 Å². The fourth-order valence-electron chi connectivity index (χ4n) is 0.560. The van der Waals surface area contributed by atoms with Gasteiger partial charge in [-0.1, -0.05) is 19.6 Å². The van der Waals surface area contributed by atoms with Gasteiger partial charge in [-0.2, -0.15) is 0 Å². The molecule has 0 bridgehead atoms. The molecular formula is C14H22O5S. The lowest BCUT2D eigenvalue weighted by molar-refractivity contribution is -0.134. The second-order valence-electron chi connectivity index (χ2n) is 3.45. The number of esters is 1. The number of carbonyl (C=O) groups excluding carboxylic acids is 2. The zero-order valence-electron chi connectivity index (χ0n) is 12.0. The first-order valence-electron chi connectivity index (χ1n) is 6.05. The van der Waals surface area contributed by atoms with Crippen molar-refractivity contribution in [1.29, 1.82) is 0 Å². The summed E-state index contributed by atoms with van der Waals surface area (Å²) in [7, 11) is 0. The van der Waals surface area contributed by atoms with Crippen molar-refractivity contribution in [2.24, 2.45) is 0 Å². The SMILES string of the molecule is C=C(C)C(=O)OC=CCCO.C=CCSOC(=O)CC. The zero-order chi connectivity index (χ0) is 15.8. The monoisotopic (exact) mass is 302 g/mol. The Hall–Kier alpha value is -1.53. The molecule has 114 valence electrons. The van der Waals surface area contributed by atoms with Crippen LogP contribution < -0.4 is 0 Å². The lowest BCUT2D eigenvalue weighted by Gasteiger charge is -1.95. The summed E-state index contributed by atoms with van der Waals surface area (Å²) in [6, 6.07) is 0. The number of ether oxygens (including phenoxy) is 1. The first kappa shape index (κ1) is 20.8. The maximum atomic E-state index is 10.7. The summed E-state index contributed by atoms with van der Waals surface area (Å²) >= 11 is 1.12. The van der Waals surface area contributed by atoms with E-state index < -0.39 is 5.97 Å². The highest BCUT2D eigenvalue weighted by Gasteiger charge is 1.98. The minimum absolute atomic E-state index is 0.0567. The molecule has 0 aliphatic carbocycles. The number of aliphatic hydroxyl groups excluding tert-OH is 1. The molecule has 20 heavy (non-hydrogen) atoms. The second-order valence-corrected chi connectivity index (χ2v) is 4.19. The molecule has 0 atom stereocenters. The van der Waals surface area contributed by atoms with Gasteiger partial charge in [0.2, 0.25) is 0 Å².